The molecule has 3 rings (SSSR count). The molecular weight excluding hydrogens is 319 g/mol. The van der Waals surface area contributed by atoms with Crippen molar-refractivity contribution in [3.05, 3.63) is 33.0 Å². The molecule has 92 valence electrons. The lowest BCUT2D eigenvalue weighted by Gasteiger charge is -2.34. The van der Waals surface area contributed by atoms with E-state index in [9.17, 15) is 0 Å². The normalized spacial score (nSPS) is 38.8. The van der Waals surface area contributed by atoms with E-state index in [1.807, 2.05) is 0 Å². The fourth-order valence-electron chi connectivity index (χ4n) is 4.14. The number of hydrogen-bond donors (Lipinski definition) is 0. The van der Waals surface area contributed by atoms with Gasteiger partial charge in [0.25, 0.3) is 0 Å². The van der Waals surface area contributed by atoms with Crippen molar-refractivity contribution < 1.29 is 0 Å². The number of halogens is 1. The van der Waals surface area contributed by atoms with Crippen LogP contribution in [0.4, 0.5) is 0 Å². The van der Waals surface area contributed by atoms with E-state index in [2.05, 4.69) is 61.6 Å². The summed E-state index contributed by atoms with van der Waals surface area (Å²) in [5.41, 5.74) is 3.76. The predicted octanol–water partition coefficient (Wildman–Crippen LogP) is 5.26. The van der Waals surface area contributed by atoms with Crippen molar-refractivity contribution in [2.45, 2.75) is 40.0 Å². The molecular formula is C16H21I. The molecule has 0 saturated heterocycles. The van der Waals surface area contributed by atoms with Crippen molar-refractivity contribution in [2.75, 3.05) is 0 Å². The second-order valence-corrected chi connectivity index (χ2v) is 7.93. The average Bonchev–Trinajstić information content (AvgIpc) is 2.49. The van der Waals surface area contributed by atoms with Gasteiger partial charge in [0.15, 0.2) is 0 Å². The first-order valence-corrected chi connectivity index (χ1v) is 7.81. The monoisotopic (exact) mass is 340 g/mol. The van der Waals surface area contributed by atoms with E-state index in [4.69, 9.17) is 0 Å². The summed E-state index contributed by atoms with van der Waals surface area (Å²) < 4.78 is 1.58. The molecule has 1 fully saturated rings. The minimum Gasteiger partial charge on any atom is -0.0727 e. The van der Waals surface area contributed by atoms with E-state index in [-0.39, 0.29) is 0 Å². The molecule has 0 amide bonds. The van der Waals surface area contributed by atoms with Gasteiger partial charge in [-0.25, -0.2) is 0 Å². The maximum atomic E-state index is 2.57. The number of rotatable bonds is 0. The second kappa shape index (κ2) is 3.97. The van der Waals surface area contributed by atoms with Gasteiger partial charge in [-0.2, -0.15) is 0 Å². The highest BCUT2D eigenvalue weighted by Gasteiger charge is 2.51. The highest BCUT2D eigenvalue weighted by atomic mass is 127. The Labute approximate surface area is 118 Å². The topological polar surface area (TPSA) is 0 Å². The second-order valence-electron chi connectivity index (χ2n) is 6.54. The van der Waals surface area contributed by atoms with Crippen molar-refractivity contribution in [1.29, 1.82) is 0 Å². The van der Waals surface area contributed by atoms with Gasteiger partial charge in [0, 0.05) is 0 Å². The molecule has 0 bridgehead atoms. The quantitative estimate of drug-likeness (QED) is 0.528. The van der Waals surface area contributed by atoms with E-state index in [1.165, 1.54) is 19.3 Å². The lowest BCUT2D eigenvalue weighted by Crippen LogP contribution is -2.27. The van der Waals surface area contributed by atoms with Crippen LogP contribution in [0, 0.1) is 23.2 Å². The van der Waals surface area contributed by atoms with Crippen LogP contribution in [0.15, 0.2) is 33.0 Å². The zero-order valence-corrected chi connectivity index (χ0v) is 13.1. The Balaban J connectivity index is 2.05. The van der Waals surface area contributed by atoms with Gasteiger partial charge in [0.1, 0.15) is 0 Å². The van der Waals surface area contributed by atoms with Crippen LogP contribution in [0.25, 0.3) is 0 Å². The van der Waals surface area contributed by atoms with Crippen molar-refractivity contribution >= 4 is 22.6 Å². The van der Waals surface area contributed by atoms with E-state index >= 15 is 0 Å². The van der Waals surface area contributed by atoms with Gasteiger partial charge < -0.3 is 0 Å². The smallest absolute Gasteiger partial charge is 0.0100 e. The molecule has 0 nitrogen and oxygen atoms in total. The molecule has 1 heteroatoms. The van der Waals surface area contributed by atoms with Crippen molar-refractivity contribution in [1.82, 2.24) is 0 Å². The van der Waals surface area contributed by atoms with Gasteiger partial charge in [-0.15, -0.1) is 0 Å². The summed E-state index contributed by atoms with van der Waals surface area (Å²) in [6.45, 7) is 7.26. The van der Waals surface area contributed by atoms with Gasteiger partial charge in [-0.3, -0.25) is 0 Å². The lowest BCUT2D eigenvalue weighted by molar-refractivity contribution is 0.201. The van der Waals surface area contributed by atoms with Crippen LogP contribution in [0.5, 0.6) is 0 Å². The van der Waals surface area contributed by atoms with Crippen molar-refractivity contribution in [3.8, 4) is 0 Å². The molecule has 0 heterocycles. The van der Waals surface area contributed by atoms with Crippen molar-refractivity contribution in [3.63, 3.8) is 0 Å². The molecule has 0 radical (unpaired) electrons. The molecule has 0 aromatic heterocycles. The molecule has 0 aromatic rings. The van der Waals surface area contributed by atoms with E-state index in [0.717, 1.165) is 17.8 Å². The SMILES string of the molecule is CC1=CC=C2C3CCC(I)=CC3C(C)(C)C2C1. The maximum Gasteiger partial charge on any atom is -0.0100 e. The van der Waals surface area contributed by atoms with Gasteiger partial charge in [0.05, 0.1) is 0 Å². The largest absolute Gasteiger partial charge is 0.0727 e. The molecule has 0 aliphatic heterocycles. The summed E-state index contributed by atoms with van der Waals surface area (Å²) in [6, 6.07) is 0. The molecule has 17 heavy (non-hydrogen) atoms. The summed E-state index contributed by atoms with van der Waals surface area (Å²) in [5.74, 6) is 2.40. The Morgan fingerprint density at radius 1 is 1.29 bits per heavy atom. The molecule has 0 spiro atoms. The Kier molecular flexibility index (Phi) is 2.81. The molecule has 3 aliphatic carbocycles. The third-order valence-corrected chi connectivity index (χ3v) is 6.06. The van der Waals surface area contributed by atoms with Crippen LogP contribution in [-0.2, 0) is 0 Å². The summed E-state index contributed by atoms with van der Waals surface area (Å²) >= 11 is 2.54. The van der Waals surface area contributed by atoms with Gasteiger partial charge in [-0.05, 0) is 75.5 Å². The first-order chi connectivity index (χ1) is 8.00. The van der Waals surface area contributed by atoms with Crippen LogP contribution in [0.1, 0.15) is 40.0 Å². The zero-order chi connectivity index (χ0) is 12.2. The fourth-order valence-corrected chi connectivity index (χ4v) is 4.84. The number of allylic oxidation sites excluding steroid dienone is 6. The molecule has 1 saturated carbocycles. The summed E-state index contributed by atoms with van der Waals surface area (Å²) in [4.78, 5) is 0. The standard InChI is InChI=1S/C16H21I/c1-10-4-6-12-13-7-5-11(17)9-15(13)16(2,3)14(12)8-10/h4,6,9,13-15H,5,7-8H2,1-3H3. The van der Waals surface area contributed by atoms with Gasteiger partial charge in [-0.1, -0.05) is 43.2 Å². The third kappa shape index (κ3) is 1.76. The lowest BCUT2D eigenvalue weighted by atomic mass is 9.70. The number of fused-ring (bicyclic) bond motifs is 3. The summed E-state index contributed by atoms with van der Waals surface area (Å²) in [6.07, 6.45) is 11.3. The van der Waals surface area contributed by atoms with Crippen LogP contribution < -0.4 is 0 Å². The van der Waals surface area contributed by atoms with Crippen LogP contribution in [-0.4, -0.2) is 0 Å². The molecule has 3 unspecified atom stereocenters. The van der Waals surface area contributed by atoms with E-state index < -0.39 is 0 Å². The minimum atomic E-state index is 0.447. The van der Waals surface area contributed by atoms with Crippen LogP contribution >= 0.6 is 22.6 Å². The summed E-state index contributed by atoms with van der Waals surface area (Å²) in [7, 11) is 0. The number of hydrogen-bond acceptors (Lipinski definition) is 0. The Morgan fingerprint density at radius 3 is 2.82 bits per heavy atom. The molecule has 0 N–H and O–H groups in total. The van der Waals surface area contributed by atoms with Gasteiger partial charge >= 0.3 is 0 Å². The first-order valence-electron chi connectivity index (χ1n) is 6.73. The zero-order valence-electron chi connectivity index (χ0n) is 11.0. The Hall–Kier alpha value is -0.0500. The van der Waals surface area contributed by atoms with Crippen LogP contribution in [0.2, 0.25) is 0 Å². The average molecular weight is 340 g/mol. The van der Waals surface area contributed by atoms with Crippen molar-refractivity contribution in [2.24, 2.45) is 23.2 Å². The van der Waals surface area contributed by atoms with E-state index in [1.54, 1.807) is 14.7 Å². The predicted molar refractivity (Wildman–Crippen MR) is 82.0 cm³/mol. The Morgan fingerprint density at radius 2 is 2.06 bits per heavy atom. The third-order valence-electron chi connectivity index (χ3n) is 5.16. The molecule has 3 atom stereocenters. The Bertz CT molecular complexity index is 436. The fraction of sp³-hybridized carbons (Fsp3) is 0.625. The van der Waals surface area contributed by atoms with E-state index in [0.29, 0.717) is 5.41 Å². The molecule has 3 aliphatic rings. The highest BCUT2D eigenvalue weighted by Crippen LogP contribution is 2.60. The van der Waals surface area contributed by atoms with Crippen LogP contribution in [0.3, 0.4) is 0 Å². The maximum absolute atomic E-state index is 2.57. The highest BCUT2D eigenvalue weighted by molar-refractivity contribution is 14.1. The first kappa shape index (κ1) is 12.0. The molecule has 0 aromatic carbocycles. The summed E-state index contributed by atoms with van der Waals surface area (Å²) in [5, 5.41) is 0. The van der Waals surface area contributed by atoms with Gasteiger partial charge in [0.2, 0.25) is 0 Å². The minimum absolute atomic E-state index is 0.447.